The molecule has 0 aromatic heterocycles. The second kappa shape index (κ2) is 11.7. The van der Waals surface area contributed by atoms with Crippen LogP contribution in [0.3, 0.4) is 0 Å². The fraction of sp³-hybridized carbons (Fsp3) is 0.190. The molecular formula is C21H21N5O10. The molecule has 36 heavy (non-hydrogen) atoms. The summed E-state index contributed by atoms with van der Waals surface area (Å²) in [6, 6.07) is 9.07. The molecule has 2 atom stereocenters. The van der Waals surface area contributed by atoms with Crippen molar-refractivity contribution in [3.63, 3.8) is 0 Å². The minimum Gasteiger partial charge on any atom is -0.454 e. The number of hydrogen-bond donors (Lipinski definition) is 4. The fourth-order valence-corrected chi connectivity index (χ4v) is 2.93. The Morgan fingerprint density at radius 1 is 0.750 bits per heavy atom. The maximum atomic E-state index is 11.7. The van der Waals surface area contributed by atoms with E-state index < -0.39 is 54.2 Å². The van der Waals surface area contributed by atoms with Gasteiger partial charge in [-0.2, -0.15) is 5.26 Å². The lowest BCUT2D eigenvalue weighted by molar-refractivity contribution is -0.0164. The summed E-state index contributed by atoms with van der Waals surface area (Å²) in [4.78, 5) is 45.5. The Hall–Kier alpha value is -5.39. The van der Waals surface area contributed by atoms with Gasteiger partial charge in [-0.05, 0) is 12.1 Å². The summed E-state index contributed by atoms with van der Waals surface area (Å²) in [5.41, 5.74) is 20.2. The maximum Gasteiger partial charge on any atom is 0.410 e. The monoisotopic (exact) mass is 503 g/mol. The van der Waals surface area contributed by atoms with Crippen LogP contribution in [0.1, 0.15) is 19.4 Å². The number of nitrogens with zero attached hydrogens (tertiary/aromatic N) is 1. The molecule has 15 nitrogen and oxygen atoms in total. The number of primary amides is 4. The second-order valence-corrected chi connectivity index (χ2v) is 6.65. The van der Waals surface area contributed by atoms with Crippen LogP contribution in [-0.2, 0) is 9.47 Å². The molecule has 0 radical (unpaired) electrons. The van der Waals surface area contributed by atoms with Gasteiger partial charge in [0.05, 0.1) is 5.56 Å². The molecular weight excluding hydrogens is 482 g/mol. The quantitative estimate of drug-likeness (QED) is 0.359. The van der Waals surface area contributed by atoms with E-state index in [0.717, 1.165) is 0 Å². The van der Waals surface area contributed by atoms with Gasteiger partial charge in [0.1, 0.15) is 11.8 Å². The standard InChI is InChI=1S/C21H21N5O10/c1-9(33-18(23)27)31-14-6-4-3-5-12(14)13-7-11(8-22)15(35-20(25)29)17(36-21(26)30)16(13)32-10(2)34-19(24)28/h3-7,9-10H,1-2H3,(H2,23,27)(H2,24,28)(H2,25,29)(H2,26,30). The van der Waals surface area contributed by atoms with E-state index in [1.807, 2.05) is 0 Å². The third-order valence-corrected chi connectivity index (χ3v) is 4.03. The largest absolute Gasteiger partial charge is 0.454 e. The van der Waals surface area contributed by atoms with Crippen molar-refractivity contribution >= 4 is 24.4 Å². The Morgan fingerprint density at radius 2 is 1.28 bits per heavy atom. The molecule has 4 amide bonds. The zero-order chi connectivity index (χ0) is 27.0. The summed E-state index contributed by atoms with van der Waals surface area (Å²) in [6.07, 6.45) is -7.59. The lowest BCUT2D eigenvalue weighted by Gasteiger charge is -2.23. The topological polar surface area (TPSA) is 252 Å². The molecule has 0 spiro atoms. The van der Waals surface area contributed by atoms with Crippen LogP contribution in [0, 0.1) is 11.3 Å². The normalized spacial score (nSPS) is 11.7. The number of carbonyl (C=O) groups is 4. The van der Waals surface area contributed by atoms with Gasteiger partial charge >= 0.3 is 24.4 Å². The average Bonchev–Trinajstić information content (AvgIpc) is 2.75. The molecule has 0 fully saturated rings. The molecule has 0 aliphatic rings. The van der Waals surface area contributed by atoms with Crippen LogP contribution in [0.5, 0.6) is 23.0 Å². The van der Waals surface area contributed by atoms with Crippen LogP contribution in [0.25, 0.3) is 11.1 Å². The summed E-state index contributed by atoms with van der Waals surface area (Å²) < 4.78 is 30.7. The van der Waals surface area contributed by atoms with Gasteiger partial charge in [-0.3, -0.25) is 0 Å². The maximum absolute atomic E-state index is 11.7. The van der Waals surface area contributed by atoms with E-state index in [4.69, 9.17) is 51.4 Å². The number of benzene rings is 2. The van der Waals surface area contributed by atoms with Gasteiger partial charge in [0.2, 0.25) is 18.3 Å². The Balaban J connectivity index is 2.85. The van der Waals surface area contributed by atoms with E-state index in [9.17, 15) is 24.4 Å². The highest BCUT2D eigenvalue weighted by molar-refractivity contribution is 5.86. The molecule has 2 unspecified atom stereocenters. The lowest BCUT2D eigenvalue weighted by Crippen LogP contribution is -2.26. The van der Waals surface area contributed by atoms with E-state index in [1.54, 1.807) is 18.2 Å². The van der Waals surface area contributed by atoms with Gasteiger partial charge < -0.3 is 51.4 Å². The first-order valence-electron chi connectivity index (χ1n) is 9.83. The molecule has 2 aromatic rings. The van der Waals surface area contributed by atoms with Crippen molar-refractivity contribution in [3.8, 4) is 40.2 Å². The number of carbonyl (C=O) groups excluding carboxylic acids is 4. The second-order valence-electron chi connectivity index (χ2n) is 6.65. The summed E-state index contributed by atoms with van der Waals surface area (Å²) in [5.74, 6) is -1.57. The predicted molar refractivity (Wildman–Crippen MR) is 119 cm³/mol. The summed E-state index contributed by atoms with van der Waals surface area (Å²) in [6.45, 7) is 2.65. The van der Waals surface area contributed by atoms with Gasteiger partial charge in [-0.1, -0.05) is 18.2 Å². The number of amides is 4. The van der Waals surface area contributed by atoms with Crippen molar-refractivity contribution in [2.75, 3.05) is 0 Å². The number of nitrogens with two attached hydrogens (primary N) is 4. The first-order chi connectivity index (χ1) is 16.9. The van der Waals surface area contributed by atoms with Crippen molar-refractivity contribution in [2.24, 2.45) is 22.9 Å². The van der Waals surface area contributed by atoms with Gasteiger partial charge in [-0.25, -0.2) is 19.2 Å². The summed E-state index contributed by atoms with van der Waals surface area (Å²) >= 11 is 0. The van der Waals surface area contributed by atoms with Crippen molar-refractivity contribution in [1.29, 1.82) is 5.26 Å². The number of nitriles is 1. The molecule has 190 valence electrons. The van der Waals surface area contributed by atoms with Gasteiger partial charge in [-0.15, -0.1) is 0 Å². The van der Waals surface area contributed by atoms with E-state index in [1.165, 1.54) is 32.0 Å². The van der Waals surface area contributed by atoms with Crippen LogP contribution in [-0.4, -0.2) is 37.0 Å². The van der Waals surface area contributed by atoms with Gasteiger partial charge in [0, 0.05) is 25.0 Å². The predicted octanol–water partition coefficient (Wildman–Crippen LogP) is 1.78. The highest BCUT2D eigenvalue weighted by Crippen LogP contribution is 2.49. The van der Waals surface area contributed by atoms with Gasteiger partial charge in [0.15, 0.2) is 11.5 Å². The highest BCUT2D eigenvalue weighted by atomic mass is 16.7. The van der Waals surface area contributed by atoms with Crippen molar-refractivity contribution < 1.29 is 47.6 Å². The summed E-state index contributed by atoms with van der Waals surface area (Å²) in [7, 11) is 0. The Bertz CT molecular complexity index is 1230. The first kappa shape index (κ1) is 26.9. The van der Waals surface area contributed by atoms with Crippen molar-refractivity contribution in [3.05, 3.63) is 35.9 Å². The number of para-hydroxylation sites is 1. The van der Waals surface area contributed by atoms with Gasteiger partial charge in [0.25, 0.3) is 0 Å². The molecule has 0 aliphatic heterocycles. The molecule has 0 bridgehead atoms. The smallest absolute Gasteiger partial charge is 0.410 e. The number of hydrogen-bond acceptors (Lipinski definition) is 11. The Kier molecular flexibility index (Phi) is 8.69. The van der Waals surface area contributed by atoms with Crippen LogP contribution >= 0.6 is 0 Å². The third-order valence-electron chi connectivity index (χ3n) is 4.03. The molecule has 2 aromatic carbocycles. The summed E-state index contributed by atoms with van der Waals surface area (Å²) in [5, 5.41) is 9.68. The molecule has 0 saturated heterocycles. The minimum atomic E-state index is -1.39. The first-order valence-corrected chi connectivity index (χ1v) is 9.83. The third kappa shape index (κ3) is 7.05. The molecule has 0 saturated carbocycles. The highest BCUT2D eigenvalue weighted by Gasteiger charge is 2.29. The van der Waals surface area contributed by atoms with E-state index in [-0.39, 0.29) is 22.4 Å². The average molecular weight is 503 g/mol. The lowest BCUT2D eigenvalue weighted by atomic mass is 9.99. The molecule has 2 rings (SSSR count). The van der Waals surface area contributed by atoms with E-state index in [2.05, 4.69) is 0 Å². The van der Waals surface area contributed by atoms with E-state index >= 15 is 0 Å². The molecule has 0 heterocycles. The van der Waals surface area contributed by atoms with Crippen LogP contribution in [0.2, 0.25) is 0 Å². The Morgan fingerprint density at radius 3 is 1.81 bits per heavy atom. The molecule has 0 aliphatic carbocycles. The zero-order valence-electron chi connectivity index (χ0n) is 18.9. The minimum absolute atomic E-state index is 0.00131. The van der Waals surface area contributed by atoms with Crippen LogP contribution in [0.15, 0.2) is 30.3 Å². The van der Waals surface area contributed by atoms with E-state index in [0.29, 0.717) is 0 Å². The number of rotatable bonds is 9. The Labute approximate surface area is 203 Å². The van der Waals surface area contributed by atoms with Crippen LogP contribution in [0.4, 0.5) is 19.2 Å². The van der Waals surface area contributed by atoms with Crippen LogP contribution < -0.4 is 41.9 Å². The van der Waals surface area contributed by atoms with Crippen molar-refractivity contribution in [2.45, 2.75) is 26.4 Å². The molecule has 8 N–H and O–H groups in total. The van der Waals surface area contributed by atoms with Crippen molar-refractivity contribution in [1.82, 2.24) is 0 Å². The fourth-order valence-electron chi connectivity index (χ4n) is 2.93. The number of ether oxygens (including phenoxy) is 6. The zero-order valence-corrected chi connectivity index (χ0v) is 18.9. The molecule has 15 heteroatoms. The SMILES string of the molecule is CC(OC(N)=O)Oc1ccccc1-c1cc(C#N)c(OC(N)=O)c(OC(N)=O)c1OC(C)OC(N)=O.